The molecule has 0 bridgehead atoms. The number of unbranched alkanes of at least 4 members (excludes halogenated alkanes) is 3. The summed E-state index contributed by atoms with van der Waals surface area (Å²) < 4.78 is 29.2. The lowest BCUT2D eigenvalue weighted by molar-refractivity contribution is -0.243. The molecule has 1 aromatic rings. The molecule has 0 atom stereocenters. The molecule has 0 N–H and O–H groups in total. The third-order valence-electron chi connectivity index (χ3n) is 3.17. The van der Waals surface area contributed by atoms with Crippen molar-refractivity contribution in [2.24, 2.45) is 0 Å². The van der Waals surface area contributed by atoms with E-state index in [0.717, 1.165) is 30.9 Å². The maximum absolute atomic E-state index is 13.0. The van der Waals surface area contributed by atoms with Crippen molar-refractivity contribution in [3.05, 3.63) is 35.6 Å². The van der Waals surface area contributed by atoms with Gasteiger partial charge in [-0.1, -0.05) is 31.4 Å². The second-order valence-corrected chi connectivity index (χ2v) is 6.03. The summed E-state index contributed by atoms with van der Waals surface area (Å²) in [6.07, 6.45) is 5.55. The van der Waals surface area contributed by atoms with Gasteiger partial charge in [-0.25, -0.2) is 4.39 Å². The van der Waals surface area contributed by atoms with Crippen LogP contribution < -0.4 is 0 Å². The van der Waals surface area contributed by atoms with Crippen LogP contribution in [0.1, 0.15) is 45.1 Å². The van der Waals surface area contributed by atoms with E-state index in [1.54, 1.807) is 12.1 Å². The monoisotopic (exact) mass is 326 g/mol. The Morgan fingerprint density at radius 2 is 1.77 bits per heavy atom. The summed E-state index contributed by atoms with van der Waals surface area (Å²) in [6, 6.07) is 7.91. The Balaban J connectivity index is 1.97. The molecule has 0 spiro atoms. The second-order valence-electron chi connectivity index (χ2n) is 5.01. The lowest BCUT2D eigenvalue weighted by Crippen LogP contribution is -2.22. The molecule has 0 saturated heterocycles. The smallest absolute Gasteiger partial charge is 0.261 e. The van der Waals surface area contributed by atoms with Crippen LogP contribution in [-0.2, 0) is 20.3 Å². The van der Waals surface area contributed by atoms with E-state index in [4.69, 9.17) is 13.9 Å². The number of hydrogen-bond donors (Lipinski definition) is 0. The molecule has 5 heteroatoms. The zero-order valence-electron chi connectivity index (χ0n) is 13.6. The lowest BCUT2D eigenvalue weighted by atomic mass is 10.1. The minimum absolute atomic E-state index is 0.144. The van der Waals surface area contributed by atoms with Crippen molar-refractivity contribution < 1.29 is 18.3 Å². The van der Waals surface area contributed by atoms with E-state index in [0.29, 0.717) is 23.0 Å². The maximum atomic E-state index is 13.0. The zero-order chi connectivity index (χ0) is 16.0. The summed E-state index contributed by atoms with van der Waals surface area (Å²) in [5, 5.41) is 0. The van der Waals surface area contributed by atoms with E-state index in [1.807, 2.05) is 19.9 Å². The van der Waals surface area contributed by atoms with Crippen LogP contribution in [-0.4, -0.2) is 29.5 Å². The molecule has 0 aromatic heterocycles. The van der Waals surface area contributed by atoms with Gasteiger partial charge >= 0.3 is 0 Å². The number of benzene rings is 1. The van der Waals surface area contributed by atoms with Crippen molar-refractivity contribution >= 4 is 9.76 Å². The maximum Gasteiger partial charge on any atom is 0.261 e. The first-order valence-corrected chi connectivity index (χ1v) is 9.24. The van der Waals surface area contributed by atoms with Crippen molar-refractivity contribution in [1.29, 1.82) is 0 Å². The molecule has 0 heterocycles. The third kappa shape index (κ3) is 9.30. The van der Waals surface area contributed by atoms with Gasteiger partial charge in [0.25, 0.3) is 6.48 Å². The molecule has 2 radical (unpaired) electrons. The average molecular weight is 326 g/mol. The van der Waals surface area contributed by atoms with E-state index in [1.165, 1.54) is 18.9 Å². The highest BCUT2D eigenvalue weighted by Gasteiger charge is 2.07. The Morgan fingerprint density at radius 1 is 1.05 bits per heavy atom. The highest BCUT2D eigenvalue weighted by atomic mass is 28.2. The van der Waals surface area contributed by atoms with Gasteiger partial charge in [0.2, 0.25) is 9.76 Å². The van der Waals surface area contributed by atoms with Crippen LogP contribution in [0.25, 0.3) is 0 Å². The molecule has 0 saturated carbocycles. The molecule has 1 rings (SSSR count). The minimum Gasteiger partial charge on any atom is -0.372 e. The Morgan fingerprint density at radius 3 is 2.45 bits per heavy atom. The number of ether oxygens (including phenoxy) is 2. The normalized spacial score (nSPS) is 11.3. The van der Waals surface area contributed by atoms with Crippen molar-refractivity contribution in [3.8, 4) is 0 Å². The van der Waals surface area contributed by atoms with Gasteiger partial charge in [0.05, 0.1) is 0 Å². The van der Waals surface area contributed by atoms with Gasteiger partial charge in [-0.05, 0) is 50.4 Å². The van der Waals surface area contributed by atoms with Crippen molar-refractivity contribution in [2.75, 3.05) is 13.2 Å². The molecule has 0 amide bonds. The highest BCUT2D eigenvalue weighted by Crippen LogP contribution is 2.10. The zero-order valence-corrected chi connectivity index (χ0v) is 14.6. The van der Waals surface area contributed by atoms with Gasteiger partial charge in [0.15, 0.2) is 0 Å². The Labute approximate surface area is 136 Å². The Bertz CT molecular complexity index is 384. The first-order chi connectivity index (χ1) is 10.8. The number of halogens is 1. The molecule has 0 unspecified atom stereocenters. The largest absolute Gasteiger partial charge is 0.372 e. The first-order valence-electron chi connectivity index (χ1n) is 8.12. The molecule has 1 aromatic carbocycles. The molecular formula is C17H27FO3Si. The summed E-state index contributed by atoms with van der Waals surface area (Å²) >= 11 is 0. The van der Waals surface area contributed by atoms with Gasteiger partial charge in [-0.3, -0.25) is 0 Å². The summed E-state index contributed by atoms with van der Waals surface area (Å²) in [6.45, 7) is 4.53. The molecular weight excluding hydrogens is 299 g/mol. The highest BCUT2D eigenvalue weighted by molar-refractivity contribution is 6.27. The molecule has 0 aliphatic carbocycles. The number of rotatable bonds is 13. The summed E-state index contributed by atoms with van der Waals surface area (Å²) in [5.41, 5.74) is 1.08. The van der Waals surface area contributed by atoms with E-state index < -0.39 is 6.48 Å². The van der Waals surface area contributed by atoms with E-state index in [-0.39, 0.29) is 5.82 Å². The molecule has 22 heavy (non-hydrogen) atoms. The van der Waals surface area contributed by atoms with E-state index in [9.17, 15) is 4.39 Å². The van der Waals surface area contributed by atoms with Gasteiger partial charge in [-0.15, -0.1) is 0 Å². The molecule has 0 aliphatic rings. The van der Waals surface area contributed by atoms with Crippen LogP contribution in [0.15, 0.2) is 24.3 Å². The number of hydrogen-bond acceptors (Lipinski definition) is 3. The van der Waals surface area contributed by atoms with Gasteiger partial charge < -0.3 is 13.9 Å². The topological polar surface area (TPSA) is 27.7 Å². The van der Waals surface area contributed by atoms with Crippen molar-refractivity contribution in [3.63, 3.8) is 0 Å². The SMILES string of the molecule is CCOC(OCC)O[Si]CCCCCCc1cccc(F)c1. The standard InChI is InChI=1S/C17H27FO3Si/c1-3-19-17(20-4-2)21-22-13-8-6-5-7-10-15-11-9-12-16(18)14-15/h9,11-12,14,17H,3-8,10,13H2,1-2H3. The summed E-state index contributed by atoms with van der Waals surface area (Å²) in [5.74, 6) is -0.144. The molecule has 124 valence electrons. The van der Waals surface area contributed by atoms with Gasteiger partial charge in [-0.2, -0.15) is 0 Å². The Hall–Kier alpha value is -0.753. The first kappa shape index (κ1) is 19.3. The van der Waals surface area contributed by atoms with Crippen LogP contribution in [0, 0.1) is 5.82 Å². The van der Waals surface area contributed by atoms with E-state index >= 15 is 0 Å². The van der Waals surface area contributed by atoms with Crippen LogP contribution in [0.4, 0.5) is 4.39 Å². The van der Waals surface area contributed by atoms with Crippen LogP contribution in [0.3, 0.4) is 0 Å². The quantitative estimate of drug-likeness (QED) is 0.307. The van der Waals surface area contributed by atoms with Gasteiger partial charge in [0, 0.05) is 13.2 Å². The third-order valence-corrected chi connectivity index (χ3v) is 4.09. The van der Waals surface area contributed by atoms with Crippen molar-refractivity contribution in [2.45, 2.75) is 58.5 Å². The second kappa shape index (κ2) is 12.8. The lowest BCUT2D eigenvalue weighted by Gasteiger charge is -2.16. The fourth-order valence-corrected chi connectivity index (χ4v) is 2.87. The fourth-order valence-electron chi connectivity index (χ4n) is 2.09. The predicted molar refractivity (Wildman–Crippen MR) is 87.3 cm³/mol. The molecule has 0 fully saturated rings. The average Bonchev–Trinajstić information content (AvgIpc) is 2.50. The molecule has 0 aliphatic heterocycles. The summed E-state index contributed by atoms with van der Waals surface area (Å²) in [4.78, 5) is 0. The minimum atomic E-state index is -0.513. The van der Waals surface area contributed by atoms with Crippen LogP contribution in [0.5, 0.6) is 0 Å². The van der Waals surface area contributed by atoms with Crippen LogP contribution in [0.2, 0.25) is 6.04 Å². The molecule has 3 nitrogen and oxygen atoms in total. The summed E-state index contributed by atoms with van der Waals surface area (Å²) in [7, 11) is 0.416. The van der Waals surface area contributed by atoms with E-state index in [2.05, 4.69) is 0 Å². The van der Waals surface area contributed by atoms with Gasteiger partial charge in [0.1, 0.15) is 5.82 Å². The predicted octanol–water partition coefficient (Wildman–Crippen LogP) is 4.34. The van der Waals surface area contributed by atoms with Crippen molar-refractivity contribution in [1.82, 2.24) is 0 Å². The number of aryl methyl sites for hydroxylation is 1. The van der Waals surface area contributed by atoms with Crippen LogP contribution >= 0.6 is 0 Å². The fraction of sp³-hybridized carbons (Fsp3) is 0.647. The Kier molecular flexibility index (Phi) is 11.2.